The third kappa shape index (κ3) is 10.1. The quantitative estimate of drug-likeness (QED) is 0.495. The molecule has 0 unspecified atom stereocenters. The summed E-state index contributed by atoms with van der Waals surface area (Å²) in [5.41, 5.74) is 0. The predicted molar refractivity (Wildman–Crippen MR) is 15.6 cm³/mol. The smallest absolute Gasteiger partial charge is 0 e. The molecule has 0 bridgehead atoms. The van der Waals surface area contributed by atoms with Crippen LogP contribution in [0.3, 0.4) is 0 Å². The fourth-order valence-electron chi connectivity index (χ4n) is 0. The Hall–Kier alpha value is 1.38. The average Bonchev–Trinajstić information content (AvgIpc) is 0.918. The molecular weight excluding hydrogens is 176 g/mol. The Morgan fingerprint density at radius 2 is 1.25 bits per heavy atom. The van der Waals surface area contributed by atoms with E-state index in [4.69, 9.17) is 0 Å². The van der Waals surface area contributed by atoms with Crippen LogP contribution in [0.2, 0.25) is 0 Å². The number of hydrogen-bond acceptors (Lipinski definition) is 0. The fraction of sp³-hybridized carbons (Fsp3) is 0.667. The summed E-state index contributed by atoms with van der Waals surface area (Å²) in [5.74, 6) is 0. The van der Waals surface area contributed by atoms with Gasteiger partial charge in [0, 0.05) is 41.7 Å². The van der Waals surface area contributed by atoms with Gasteiger partial charge in [-0.1, -0.05) is 0 Å². The molecule has 0 saturated carbocycles. The molecule has 0 amide bonds. The van der Waals surface area contributed by atoms with Gasteiger partial charge in [0.15, 0.2) is 0 Å². The van der Waals surface area contributed by atoms with Crippen molar-refractivity contribution in [3.63, 3.8) is 0 Å². The molecule has 24 valence electrons. The second-order valence-corrected chi connectivity index (χ2v) is 0.577. The van der Waals surface area contributed by atoms with E-state index in [0.717, 1.165) is 0 Å². The molecule has 0 aromatic heterocycles. The molecule has 0 heterocycles. The summed E-state index contributed by atoms with van der Waals surface area (Å²) in [6.07, 6.45) is 2.00. The molecule has 0 aromatic rings. The molecule has 0 radical (unpaired) electrons. The molecule has 0 aliphatic heterocycles. The van der Waals surface area contributed by atoms with E-state index in [1.807, 2.05) is 20.3 Å². The molecule has 0 spiro atoms. The van der Waals surface area contributed by atoms with E-state index in [2.05, 4.69) is 0 Å². The predicted octanol–water partition coefficient (Wildman–Crippen LogP) is 1.23. The summed E-state index contributed by atoms with van der Waals surface area (Å²) in [6, 6.07) is 0. The van der Waals surface area contributed by atoms with Gasteiger partial charge in [-0.2, -0.15) is 13.8 Å². The summed E-state index contributed by atoms with van der Waals surface area (Å²) in [7, 11) is 0. The van der Waals surface area contributed by atoms with E-state index in [1.165, 1.54) is 0 Å². The molecular formula is C3H7Ce-. The maximum Gasteiger partial charge on any atom is 0 e. The van der Waals surface area contributed by atoms with Crippen LogP contribution in [0.15, 0.2) is 0 Å². The van der Waals surface area contributed by atoms with Gasteiger partial charge in [-0.05, 0) is 0 Å². The Morgan fingerprint density at radius 3 is 1.25 bits per heavy atom. The Bertz CT molecular complexity index is 3.25. The van der Waals surface area contributed by atoms with Crippen LogP contribution in [0, 0.1) is 48.2 Å². The number of rotatable bonds is 0. The van der Waals surface area contributed by atoms with Gasteiger partial charge in [0.2, 0.25) is 0 Å². The van der Waals surface area contributed by atoms with Crippen LogP contribution in [-0.2, 0) is 0 Å². The Labute approximate surface area is 61.4 Å². The van der Waals surface area contributed by atoms with Crippen molar-refractivity contribution in [1.29, 1.82) is 0 Å². The van der Waals surface area contributed by atoms with Gasteiger partial charge in [-0.15, -0.1) is 0 Å². The van der Waals surface area contributed by atoms with Gasteiger partial charge in [0.25, 0.3) is 0 Å². The van der Waals surface area contributed by atoms with E-state index in [0.29, 0.717) is 0 Å². The first-order valence-corrected chi connectivity index (χ1v) is 1.15. The molecule has 0 aliphatic rings. The first kappa shape index (κ1) is 9.03. The molecule has 0 aromatic carbocycles. The molecule has 0 atom stereocenters. The van der Waals surface area contributed by atoms with Crippen molar-refractivity contribution in [1.82, 2.24) is 0 Å². The van der Waals surface area contributed by atoms with Crippen molar-refractivity contribution < 1.29 is 41.7 Å². The maximum atomic E-state index is 2.00. The van der Waals surface area contributed by atoms with Crippen LogP contribution in [0.25, 0.3) is 0 Å². The van der Waals surface area contributed by atoms with Crippen molar-refractivity contribution in [3.05, 3.63) is 6.42 Å². The van der Waals surface area contributed by atoms with E-state index in [-0.39, 0.29) is 41.7 Å². The van der Waals surface area contributed by atoms with Crippen LogP contribution in [0.1, 0.15) is 13.8 Å². The molecule has 1 heteroatoms. The largest absolute Gasteiger partial charge is 0.335 e. The Kier molecular flexibility index (Phi) is 20.0. The normalized spacial score (nSPS) is 4.50. The van der Waals surface area contributed by atoms with E-state index < -0.39 is 0 Å². The molecule has 0 saturated heterocycles. The zero-order chi connectivity index (χ0) is 2.71. The molecule has 0 aliphatic carbocycles. The molecule has 0 rings (SSSR count). The fourth-order valence-corrected chi connectivity index (χ4v) is 0. The first-order chi connectivity index (χ1) is 1.41. The minimum Gasteiger partial charge on any atom is -0.335 e. The van der Waals surface area contributed by atoms with Crippen molar-refractivity contribution >= 4 is 0 Å². The number of hydrogen-bond donors (Lipinski definition) is 0. The van der Waals surface area contributed by atoms with Crippen molar-refractivity contribution in [2.75, 3.05) is 0 Å². The maximum absolute atomic E-state index is 2.00. The van der Waals surface area contributed by atoms with Gasteiger partial charge < -0.3 is 6.42 Å². The molecule has 0 fully saturated rings. The second kappa shape index (κ2) is 8.83. The van der Waals surface area contributed by atoms with Crippen molar-refractivity contribution in [2.24, 2.45) is 0 Å². The Balaban J connectivity index is 0. The van der Waals surface area contributed by atoms with Gasteiger partial charge in [-0.3, -0.25) is 0 Å². The SMILES string of the molecule is C[CH-]C.[Ce]. The molecule has 0 N–H and O–H groups in total. The minimum absolute atomic E-state index is 0. The van der Waals surface area contributed by atoms with Crippen LogP contribution >= 0.6 is 0 Å². The van der Waals surface area contributed by atoms with E-state index in [9.17, 15) is 0 Å². The van der Waals surface area contributed by atoms with E-state index >= 15 is 0 Å². The average molecular weight is 183 g/mol. The second-order valence-electron chi connectivity index (χ2n) is 0.577. The zero-order valence-corrected chi connectivity index (χ0v) is 6.22. The summed E-state index contributed by atoms with van der Waals surface area (Å²) >= 11 is 0. The zero-order valence-electron chi connectivity index (χ0n) is 3.08. The van der Waals surface area contributed by atoms with Crippen molar-refractivity contribution in [2.45, 2.75) is 13.8 Å². The first-order valence-electron chi connectivity index (χ1n) is 1.15. The van der Waals surface area contributed by atoms with Crippen LogP contribution in [0.5, 0.6) is 0 Å². The monoisotopic (exact) mass is 183 g/mol. The third-order valence-electron chi connectivity index (χ3n) is 0. The minimum atomic E-state index is 0. The van der Waals surface area contributed by atoms with Crippen LogP contribution in [-0.4, -0.2) is 0 Å². The van der Waals surface area contributed by atoms with Crippen molar-refractivity contribution in [3.8, 4) is 0 Å². The Morgan fingerprint density at radius 1 is 1.25 bits per heavy atom. The standard InChI is InChI=1S/C3H7.Ce/c1-3-2;/h3H,1-2H3;/q-1;. The van der Waals surface area contributed by atoms with Crippen LogP contribution in [0.4, 0.5) is 0 Å². The van der Waals surface area contributed by atoms with Crippen LogP contribution < -0.4 is 0 Å². The van der Waals surface area contributed by atoms with Gasteiger partial charge in [-0.25, -0.2) is 0 Å². The summed E-state index contributed by atoms with van der Waals surface area (Å²) in [6.45, 7) is 4.00. The van der Waals surface area contributed by atoms with Gasteiger partial charge in [0.1, 0.15) is 0 Å². The summed E-state index contributed by atoms with van der Waals surface area (Å²) in [5, 5.41) is 0. The molecule has 4 heavy (non-hydrogen) atoms. The summed E-state index contributed by atoms with van der Waals surface area (Å²) in [4.78, 5) is 0. The van der Waals surface area contributed by atoms with Gasteiger partial charge in [0.05, 0.1) is 0 Å². The summed E-state index contributed by atoms with van der Waals surface area (Å²) < 4.78 is 0. The topological polar surface area (TPSA) is 0 Å². The van der Waals surface area contributed by atoms with Gasteiger partial charge >= 0.3 is 0 Å². The molecule has 0 nitrogen and oxygen atoms in total. The third-order valence-corrected chi connectivity index (χ3v) is 0. The van der Waals surface area contributed by atoms with E-state index in [1.54, 1.807) is 0 Å².